The Hall–Kier alpha value is -2.72. The lowest BCUT2D eigenvalue weighted by molar-refractivity contribution is -0.0801. The second-order valence-corrected chi connectivity index (χ2v) is 7.72. The van der Waals surface area contributed by atoms with Gasteiger partial charge in [0.2, 0.25) is 11.8 Å². The van der Waals surface area contributed by atoms with Gasteiger partial charge in [-0.15, -0.1) is 0 Å². The zero-order chi connectivity index (χ0) is 21.8. The van der Waals surface area contributed by atoms with E-state index in [0.717, 1.165) is 11.9 Å². The fourth-order valence-corrected chi connectivity index (χ4v) is 3.92. The number of nitrogens with zero attached hydrogens (tertiary/aromatic N) is 4. The van der Waals surface area contributed by atoms with Crippen molar-refractivity contribution in [3.05, 3.63) is 24.2 Å². The van der Waals surface area contributed by atoms with E-state index in [1.54, 1.807) is 6.20 Å². The summed E-state index contributed by atoms with van der Waals surface area (Å²) < 4.78 is 25.8. The summed E-state index contributed by atoms with van der Waals surface area (Å²) in [4.78, 5) is 18.9. The summed E-state index contributed by atoms with van der Waals surface area (Å²) in [5, 5.41) is 3.95. The van der Waals surface area contributed by atoms with Crippen molar-refractivity contribution in [3.63, 3.8) is 0 Å². The summed E-state index contributed by atoms with van der Waals surface area (Å²) in [5.41, 5.74) is 7.82. The molecule has 0 aliphatic carbocycles. The topological polar surface area (TPSA) is 114 Å². The monoisotopic (exact) mass is 431 g/mol. The highest BCUT2D eigenvalue weighted by Crippen LogP contribution is 2.25. The molecule has 2 unspecified atom stereocenters. The number of fused-ring (bicyclic) bond motifs is 1. The molecule has 2 aliphatic rings. The van der Waals surface area contributed by atoms with Crippen molar-refractivity contribution >= 4 is 22.7 Å². The third-order valence-electron chi connectivity index (χ3n) is 5.72. The van der Waals surface area contributed by atoms with E-state index in [1.165, 1.54) is 6.20 Å². The van der Waals surface area contributed by atoms with Crippen LogP contribution in [0.2, 0.25) is 0 Å². The first kappa shape index (κ1) is 21.5. The third kappa shape index (κ3) is 4.64. The van der Waals surface area contributed by atoms with Gasteiger partial charge in [0.25, 0.3) is 0 Å². The maximum atomic E-state index is 14.9. The number of alkyl halides is 1. The number of aromatic nitrogens is 3. The van der Waals surface area contributed by atoms with Crippen LogP contribution >= 0.6 is 0 Å². The molecule has 4 N–H and O–H groups in total. The Kier molecular flexibility index (Phi) is 6.67. The second-order valence-electron chi connectivity index (χ2n) is 7.72. The molecule has 31 heavy (non-hydrogen) atoms. The lowest BCUT2D eigenvalue weighted by Crippen LogP contribution is -2.55. The van der Waals surface area contributed by atoms with Crippen molar-refractivity contribution in [2.24, 2.45) is 10.7 Å². The number of nitrogens with one attached hydrogen (secondary N) is 2. The molecule has 2 aromatic heterocycles. The first-order chi connectivity index (χ1) is 15.1. The predicted molar refractivity (Wildman–Crippen MR) is 118 cm³/mol. The number of allylic oxidation sites excluding steroid dienone is 1. The summed E-state index contributed by atoms with van der Waals surface area (Å²) in [7, 11) is 0. The van der Waals surface area contributed by atoms with Crippen LogP contribution in [0, 0.1) is 0 Å². The van der Waals surface area contributed by atoms with E-state index in [2.05, 4.69) is 25.2 Å². The Morgan fingerprint density at radius 1 is 1.45 bits per heavy atom. The molecule has 2 aliphatic heterocycles. The van der Waals surface area contributed by atoms with E-state index in [4.69, 9.17) is 20.2 Å². The highest BCUT2D eigenvalue weighted by atomic mass is 19.1. The Bertz CT molecular complexity index is 956. The van der Waals surface area contributed by atoms with E-state index in [9.17, 15) is 4.39 Å². The van der Waals surface area contributed by atoms with Gasteiger partial charge in [-0.1, -0.05) is 6.92 Å². The molecule has 2 saturated heterocycles. The molecule has 168 valence electrons. The Balaban J connectivity index is 1.50. The highest BCUT2D eigenvalue weighted by molar-refractivity contribution is 6.02. The van der Waals surface area contributed by atoms with Gasteiger partial charge in [-0.2, -0.15) is 9.97 Å². The first-order valence-electron chi connectivity index (χ1n) is 10.8. The number of hydrogen-bond donors (Lipinski definition) is 3. The number of ether oxygens (including phenoxy) is 2. The molecule has 4 heterocycles. The van der Waals surface area contributed by atoms with E-state index in [-0.39, 0.29) is 0 Å². The van der Waals surface area contributed by atoms with Gasteiger partial charge in [0.15, 0.2) is 0 Å². The van der Waals surface area contributed by atoms with Gasteiger partial charge in [0, 0.05) is 25.5 Å². The number of hydrogen-bond acceptors (Lipinski definition) is 8. The second kappa shape index (κ2) is 9.61. The number of piperidine rings is 1. The SMILES string of the molecule is CCOc1nc(NC(=CN)C(CC)=NC2CCN(C3COC3)CC2F)nc2[nH]ccc12. The highest BCUT2D eigenvalue weighted by Gasteiger charge is 2.35. The first-order valence-corrected chi connectivity index (χ1v) is 10.8. The molecule has 4 rings (SSSR count). The van der Waals surface area contributed by atoms with Gasteiger partial charge in [0.05, 0.1) is 48.7 Å². The normalized spacial score (nSPS) is 23.7. The molecule has 0 radical (unpaired) electrons. The van der Waals surface area contributed by atoms with Crippen LogP contribution in [-0.2, 0) is 4.74 Å². The molecule has 0 spiro atoms. The van der Waals surface area contributed by atoms with Crippen LogP contribution in [0.4, 0.5) is 10.3 Å². The Morgan fingerprint density at radius 2 is 2.29 bits per heavy atom. The van der Waals surface area contributed by atoms with Gasteiger partial charge >= 0.3 is 0 Å². The minimum Gasteiger partial charge on any atom is -0.477 e. The molecule has 10 heteroatoms. The van der Waals surface area contributed by atoms with Crippen molar-refractivity contribution in [3.8, 4) is 5.88 Å². The van der Waals surface area contributed by atoms with Crippen molar-refractivity contribution < 1.29 is 13.9 Å². The molecular weight excluding hydrogens is 401 g/mol. The average Bonchev–Trinajstić information content (AvgIpc) is 3.20. The summed E-state index contributed by atoms with van der Waals surface area (Å²) in [6, 6.07) is 1.82. The zero-order valence-corrected chi connectivity index (χ0v) is 18.0. The maximum absolute atomic E-state index is 14.9. The largest absolute Gasteiger partial charge is 0.477 e. The quantitative estimate of drug-likeness (QED) is 0.549. The van der Waals surface area contributed by atoms with Crippen LogP contribution in [-0.4, -0.2) is 76.7 Å². The molecule has 0 amide bonds. The summed E-state index contributed by atoms with van der Waals surface area (Å²) in [6.45, 7) is 6.95. The fraction of sp³-hybridized carbons (Fsp3) is 0.571. The fourth-order valence-electron chi connectivity index (χ4n) is 3.92. The number of likely N-dealkylation sites (tertiary alicyclic amines) is 1. The number of H-pyrrole nitrogens is 1. The van der Waals surface area contributed by atoms with Gasteiger partial charge < -0.3 is 25.5 Å². The number of nitrogens with two attached hydrogens (primary N) is 1. The van der Waals surface area contributed by atoms with Crippen LogP contribution in [0.25, 0.3) is 11.0 Å². The third-order valence-corrected chi connectivity index (χ3v) is 5.72. The molecule has 0 bridgehead atoms. The van der Waals surface area contributed by atoms with Gasteiger partial charge in [-0.3, -0.25) is 9.89 Å². The van der Waals surface area contributed by atoms with Crippen molar-refractivity contribution in [1.82, 2.24) is 19.9 Å². The van der Waals surface area contributed by atoms with E-state index in [1.807, 2.05) is 19.9 Å². The van der Waals surface area contributed by atoms with E-state index < -0.39 is 12.2 Å². The molecular formula is C21H30FN7O2. The standard InChI is InChI=1S/C21H30FN7O2/c1-3-16(25-17-6-8-29(10-15(17)22)13-11-30-12-13)18(9-23)26-21-27-19-14(5-7-24-19)20(28-21)31-4-2/h5,7,9,13,15,17H,3-4,6,8,10-12,23H2,1-2H3,(H2,24,26,27,28). The van der Waals surface area contributed by atoms with Crippen molar-refractivity contribution in [2.45, 2.75) is 44.9 Å². The van der Waals surface area contributed by atoms with Gasteiger partial charge in [-0.05, 0) is 25.8 Å². The van der Waals surface area contributed by atoms with Gasteiger partial charge in [-0.25, -0.2) is 4.39 Å². The average molecular weight is 432 g/mol. The molecule has 2 aromatic rings. The van der Waals surface area contributed by atoms with Gasteiger partial charge in [0.1, 0.15) is 11.8 Å². The molecule has 2 atom stereocenters. The number of rotatable bonds is 8. The van der Waals surface area contributed by atoms with Crippen LogP contribution < -0.4 is 15.8 Å². The van der Waals surface area contributed by atoms with Crippen LogP contribution in [0.15, 0.2) is 29.2 Å². The van der Waals surface area contributed by atoms with E-state index >= 15 is 0 Å². The van der Waals surface area contributed by atoms with E-state index in [0.29, 0.717) is 74.1 Å². The lowest BCUT2D eigenvalue weighted by Gasteiger charge is -2.42. The molecule has 0 aromatic carbocycles. The summed E-state index contributed by atoms with van der Waals surface area (Å²) in [6.07, 6.45) is 3.46. The zero-order valence-electron chi connectivity index (χ0n) is 18.0. The van der Waals surface area contributed by atoms with Crippen LogP contribution in [0.3, 0.4) is 0 Å². The minimum absolute atomic E-state index is 0.341. The predicted octanol–water partition coefficient (Wildman–Crippen LogP) is 2.23. The van der Waals surface area contributed by atoms with Crippen molar-refractivity contribution in [2.75, 3.05) is 38.2 Å². The number of aliphatic imine (C=N–C) groups is 1. The number of aromatic amines is 1. The molecule has 2 fully saturated rings. The minimum atomic E-state index is -1.02. The number of halogens is 1. The molecule has 0 saturated carbocycles. The molecule has 9 nitrogen and oxygen atoms in total. The smallest absolute Gasteiger partial charge is 0.232 e. The Morgan fingerprint density at radius 3 is 2.94 bits per heavy atom. The van der Waals surface area contributed by atoms with Crippen LogP contribution in [0.5, 0.6) is 5.88 Å². The van der Waals surface area contributed by atoms with Crippen LogP contribution in [0.1, 0.15) is 26.7 Å². The lowest BCUT2D eigenvalue weighted by atomic mass is 10.0. The van der Waals surface area contributed by atoms with Crippen molar-refractivity contribution in [1.29, 1.82) is 0 Å². The summed E-state index contributed by atoms with van der Waals surface area (Å²) >= 11 is 0. The Labute approximate surface area is 180 Å². The number of anilines is 1. The maximum Gasteiger partial charge on any atom is 0.232 e. The summed E-state index contributed by atoms with van der Waals surface area (Å²) in [5.74, 6) is 0.826.